The van der Waals surface area contributed by atoms with Crippen LogP contribution in [-0.4, -0.2) is 16.0 Å². The predicted molar refractivity (Wildman–Crippen MR) is 80.0 cm³/mol. The minimum Gasteiger partial charge on any atom is -0.328 e. The molecule has 0 aliphatic carbocycles. The summed E-state index contributed by atoms with van der Waals surface area (Å²) in [4.78, 5) is 9.43. The molecular weight excluding hydrogens is 301 g/mol. The number of nitrogens with zero attached hydrogens (tertiary/aromatic N) is 2. The number of hydrogen-bond donors (Lipinski definition) is 1. The third kappa shape index (κ3) is 4.35. The van der Waals surface area contributed by atoms with Crippen LogP contribution in [0, 0.1) is 0 Å². The Bertz CT molecular complexity index is 558. The molecule has 0 saturated heterocycles. The van der Waals surface area contributed by atoms with Crippen LogP contribution in [-0.2, 0) is 6.42 Å². The van der Waals surface area contributed by atoms with Crippen LogP contribution in [0.3, 0.4) is 0 Å². The monoisotopic (exact) mass is 313 g/mol. The van der Waals surface area contributed by atoms with Gasteiger partial charge in [0.1, 0.15) is 0 Å². The van der Waals surface area contributed by atoms with Crippen LogP contribution in [0.4, 0.5) is 0 Å². The maximum Gasteiger partial charge on any atom is 0.192 e. The number of benzene rings is 1. The van der Waals surface area contributed by atoms with Gasteiger partial charge in [-0.1, -0.05) is 23.2 Å². The number of nitrogens with two attached hydrogens (primary N) is 1. The molecule has 19 heavy (non-hydrogen) atoms. The molecule has 2 rings (SSSR count). The Morgan fingerprint density at radius 2 is 1.95 bits per heavy atom. The Balaban J connectivity index is 2.13. The van der Waals surface area contributed by atoms with E-state index in [1.807, 2.05) is 6.92 Å². The van der Waals surface area contributed by atoms with E-state index in [9.17, 15) is 0 Å². The summed E-state index contributed by atoms with van der Waals surface area (Å²) < 4.78 is 0. The maximum atomic E-state index is 6.09. The normalized spacial score (nSPS) is 12.4. The van der Waals surface area contributed by atoms with Crippen molar-refractivity contribution in [2.75, 3.05) is 0 Å². The first-order valence-corrected chi connectivity index (χ1v) is 7.31. The largest absolute Gasteiger partial charge is 0.328 e. The van der Waals surface area contributed by atoms with E-state index < -0.39 is 0 Å². The molecule has 2 aromatic rings. The molecule has 0 aliphatic heterocycles. The Kier molecular flexibility index (Phi) is 5.05. The van der Waals surface area contributed by atoms with E-state index in [-0.39, 0.29) is 6.04 Å². The van der Waals surface area contributed by atoms with Gasteiger partial charge >= 0.3 is 0 Å². The number of aromatic nitrogens is 2. The average molecular weight is 314 g/mol. The van der Waals surface area contributed by atoms with E-state index >= 15 is 0 Å². The Morgan fingerprint density at radius 3 is 2.58 bits per heavy atom. The van der Waals surface area contributed by atoms with Crippen LogP contribution in [0.5, 0.6) is 0 Å². The van der Waals surface area contributed by atoms with Crippen LogP contribution in [0.25, 0.3) is 0 Å². The van der Waals surface area contributed by atoms with Gasteiger partial charge in [0, 0.05) is 28.4 Å². The van der Waals surface area contributed by atoms with E-state index in [4.69, 9.17) is 28.9 Å². The van der Waals surface area contributed by atoms with Crippen LogP contribution >= 0.6 is 35.0 Å². The molecule has 1 aromatic carbocycles. The van der Waals surface area contributed by atoms with Crippen LogP contribution < -0.4 is 5.73 Å². The van der Waals surface area contributed by atoms with Gasteiger partial charge in [-0.2, -0.15) is 0 Å². The first-order chi connectivity index (χ1) is 9.04. The quantitative estimate of drug-likeness (QED) is 0.872. The van der Waals surface area contributed by atoms with E-state index in [1.165, 1.54) is 11.8 Å². The van der Waals surface area contributed by atoms with Crippen molar-refractivity contribution in [2.45, 2.75) is 29.4 Å². The summed E-state index contributed by atoms with van der Waals surface area (Å²) in [6, 6.07) is 5.41. The number of halogens is 2. The van der Waals surface area contributed by atoms with Crippen molar-refractivity contribution in [3.63, 3.8) is 0 Å². The van der Waals surface area contributed by atoms with Gasteiger partial charge in [-0.05, 0) is 48.9 Å². The minimum absolute atomic E-state index is 0.101. The Morgan fingerprint density at radius 1 is 1.26 bits per heavy atom. The third-order valence-corrected chi connectivity index (χ3v) is 3.96. The highest BCUT2D eigenvalue weighted by molar-refractivity contribution is 7.99. The first-order valence-electron chi connectivity index (χ1n) is 5.74. The molecule has 6 heteroatoms. The van der Waals surface area contributed by atoms with Crippen molar-refractivity contribution in [2.24, 2.45) is 5.73 Å². The molecular formula is C13H13Cl2N3S. The lowest BCUT2D eigenvalue weighted by atomic mass is 10.1. The van der Waals surface area contributed by atoms with Gasteiger partial charge in [0.05, 0.1) is 5.02 Å². The lowest BCUT2D eigenvalue weighted by Crippen LogP contribution is -2.17. The smallest absolute Gasteiger partial charge is 0.192 e. The van der Waals surface area contributed by atoms with E-state index in [2.05, 4.69) is 9.97 Å². The maximum absolute atomic E-state index is 6.09. The first kappa shape index (κ1) is 14.6. The molecule has 0 aliphatic rings. The molecule has 0 amide bonds. The summed E-state index contributed by atoms with van der Waals surface area (Å²) in [5.74, 6) is 0. The molecule has 100 valence electrons. The van der Waals surface area contributed by atoms with Gasteiger partial charge < -0.3 is 5.73 Å². The summed E-state index contributed by atoms with van der Waals surface area (Å²) in [6.45, 7) is 1.95. The molecule has 2 N–H and O–H groups in total. The molecule has 1 atom stereocenters. The molecule has 0 saturated carbocycles. The highest BCUT2D eigenvalue weighted by Gasteiger charge is 2.07. The highest BCUT2D eigenvalue weighted by atomic mass is 35.5. The van der Waals surface area contributed by atoms with Crippen LogP contribution in [0.1, 0.15) is 12.5 Å². The average Bonchev–Trinajstić information content (AvgIpc) is 2.35. The summed E-state index contributed by atoms with van der Waals surface area (Å²) in [5, 5.41) is 1.91. The van der Waals surface area contributed by atoms with Crippen LogP contribution in [0.2, 0.25) is 10.0 Å². The molecule has 1 heterocycles. The highest BCUT2D eigenvalue weighted by Crippen LogP contribution is 2.33. The second kappa shape index (κ2) is 6.57. The molecule has 1 unspecified atom stereocenters. The van der Waals surface area contributed by atoms with Crippen molar-refractivity contribution in [1.82, 2.24) is 9.97 Å². The number of rotatable bonds is 4. The van der Waals surface area contributed by atoms with Crippen molar-refractivity contribution >= 4 is 35.0 Å². The van der Waals surface area contributed by atoms with Crippen molar-refractivity contribution < 1.29 is 0 Å². The molecule has 0 radical (unpaired) electrons. The zero-order chi connectivity index (χ0) is 13.8. The predicted octanol–water partition coefficient (Wildman–Crippen LogP) is 3.82. The van der Waals surface area contributed by atoms with Gasteiger partial charge in [0.25, 0.3) is 0 Å². The van der Waals surface area contributed by atoms with Crippen LogP contribution in [0.15, 0.2) is 40.6 Å². The SMILES string of the molecule is CC(N)Cc1cnc(Sc2cc(Cl)ccc2Cl)nc1. The van der Waals surface area contributed by atoms with Crippen molar-refractivity contribution in [1.29, 1.82) is 0 Å². The van der Waals surface area contributed by atoms with E-state index in [1.54, 1.807) is 30.6 Å². The van der Waals surface area contributed by atoms with Gasteiger partial charge in [0.2, 0.25) is 0 Å². The summed E-state index contributed by atoms with van der Waals surface area (Å²) >= 11 is 13.4. The lowest BCUT2D eigenvalue weighted by Gasteiger charge is -2.06. The van der Waals surface area contributed by atoms with Gasteiger partial charge in [-0.3, -0.25) is 0 Å². The van der Waals surface area contributed by atoms with E-state index in [0.717, 1.165) is 16.9 Å². The van der Waals surface area contributed by atoms with Gasteiger partial charge in [-0.25, -0.2) is 9.97 Å². The standard InChI is InChI=1S/C13H13Cl2N3S/c1-8(16)4-9-6-17-13(18-7-9)19-12-5-10(14)2-3-11(12)15/h2-3,5-8H,4,16H2,1H3. The van der Waals surface area contributed by atoms with Gasteiger partial charge in [-0.15, -0.1) is 0 Å². The summed E-state index contributed by atoms with van der Waals surface area (Å²) in [6.07, 6.45) is 4.34. The Hall–Kier alpha value is -0.810. The molecule has 0 spiro atoms. The zero-order valence-corrected chi connectivity index (χ0v) is 12.6. The second-order valence-electron chi connectivity index (χ2n) is 4.23. The van der Waals surface area contributed by atoms with Gasteiger partial charge in [0.15, 0.2) is 5.16 Å². The number of hydrogen-bond acceptors (Lipinski definition) is 4. The fraction of sp³-hybridized carbons (Fsp3) is 0.231. The fourth-order valence-corrected chi connectivity index (χ4v) is 2.76. The third-order valence-electron chi connectivity index (χ3n) is 2.33. The van der Waals surface area contributed by atoms with E-state index in [0.29, 0.717) is 15.2 Å². The molecule has 1 aromatic heterocycles. The molecule has 3 nitrogen and oxygen atoms in total. The zero-order valence-electron chi connectivity index (χ0n) is 10.3. The second-order valence-corrected chi connectivity index (χ2v) is 6.08. The summed E-state index contributed by atoms with van der Waals surface area (Å²) in [5.41, 5.74) is 6.75. The fourth-order valence-electron chi connectivity index (χ4n) is 1.53. The summed E-state index contributed by atoms with van der Waals surface area (Å²) in [7, 11) is 0. The van der Waals surface area contributed by atoms with Crippen molar-refractivity contribution in [3.8, 4) is 0 Å². The topological polar surface area (TPSA) is 51.8 Å². The molecule has 0 fully saturated rings. The lowest BCUT2D eigenvalue weighted by molar-refractivity contribution is 0.727. The van der Waals surface area contributed by atoms with Crippen molar-refractivity contribution in [3.05, 3.63) is 46.2 Å². The molecule has 0 bridgehead atoms. The minimum atomic E-state index is 0.101. The Labute approximate surface area is 126 Å².